The first-order chi connectivity index (χ1) is 13.9. The van der Waals surface area contributed by atoms with Crippen LogP contribution in [0.4, 0.5) is 0 Å². The van der Waals surface area contributed by atoms with Gasteiger partial charge >= 0.3 is 178 Å². The first-order valence-corrected chi connectivity index (χ1v) is 21.1. The molecule has 0 saturated carbocycles. The van der Waals surface area contributed by atoms with Crippen molar-refractivity contribution in [2.45, 2.75) is 60.6 Å². The molecule has 162 valence electrons. The summed E-state index contributed by atoms with van der Waals surface area (Å²) in [5.74, 6) is -0.605. The van der Waals surface area contributed by atoms with E-state index < -0.39 is 12.3 Å². The van der Waals surface area contributed by atoms with E-state index in [1.165, 1.54) is 0 Å². The van der Waals surface area contributed by atoms with Crippen LogP contribution in [0.3, 0.4) is 0 Å². The van der Waals surface area contributed by atoms with Crippen LogP contribution < -0.4 is 0 Å². The number of carbonyl (C=O) groups excluding carboxylic acids is 2. The topological polar surface area (TPSA) is 52.6 Å². The molecule has 0 N–H and O–H groups in total. The maximum absolute atomic E-state index is 13.2. The van der Waals surface area contributed by atoms with Crippen LogP contribution in [0, 0.1) is 0 Å². The van der Waals surface area contributed by atoms with Crippen molar-refractivity contribution in [2.75, 3.05) is 0 Å². The number of hydrogen-bond donors (Lipinski definition) is 0. The number of hydrogen-bond acceptors (Lipinski definition) is 4. The summed E-state index contributed by atoms with van der Waals surface area (Å²) in [7, 11) is 1.67. The van der Waals surface area contributed by atoms with E-state index in [0.29, 0.717) is 19.3 Å². The Bertz CT molecular complexity index is 1100. The molecule has 0 amide bonds. The van der Waals surface area contributed by atoms with Gasteiger partial charge in [-0.2, -0.15) is 0 Å². The molecule has 0 fully saturated rings. The zero-order chi connectivity index (χ0) is 22.2. The zero-order valence-electron chi connectivity index (χ0n) is 18.6. The Morgan fingerprint density at radius 2 is 1.67 bits per heavy atom. The fourth-order valence-electron chi connectivity index (χ4n) is 5.41. The molecule has 2 aliphatic rings. The van der Waals surface area contributed by atoms with Gasteiger partial charge in [-0.1, -0.05) is 0 Å². The first-order valence-electron chi connectivity index (χ1n) is 11.0. The molecule has 0 radical (unpaired) electrons. The van der Waals surface area contributed by atoms with Crippen molar-refractivity contribution in [2.24, 2.45) is 0 Å². The fraction of sp³-hybridized carbons (Fsp3) is 0.417. The Labute approximate surface area is 177 Å². The summed E-state index contributed by atoms with van der Waals surface area (Å²) in [5.41, 5.74) is 2.13. The molecule has 3 rings (SSSR count). The van der Waals surface area contributed by atoms with Gasteiger partial charge in [0.15, 0.2) is 0 Å². The molecule has 0 aromatic heterocycles. The van der Waals surface area contributed by atoms with Crippen molar-refractivity contribution in [3.8, 4) is 0 Å². The molecular formula is C24H34O4SiTi. The predicted molar refractivity (Wildman–Crippen MR) is 122 cm³/mol. The third kappa shape index (κ3) is 3.31. The van der Waals surface area contributed by atoms with Crippen molar-refractivity contribution >= 4 is 25.6 Å². The molecule has 30 heavy (non-hydrogen) atoms. The molecule has 1 atom stereocenters. The summed E-state index contributed by atoms with van der Waals surface area (Å²) in [5, 5.41) is 3.99. The van der Waals surface area contributed by atoms with Gasteiger partial charge in [0.1, 0.15) is 0 Å². The monoisotopic (exact) mass is 462 g/mol. The SMILES string of the molecule is CCCC(=O)[O][Ti]([CH3])([CH3])(=[SiH2])([O]C(=O)CCC)([C]1=CC=CC1)[CH]1C=Cc2ccccc21. The van der Waals surface area contributed by atoms with Crippen molar-refractivity contribution in [1.82, 2.24) is 0 Å². The predicted octanol–water partition coefficient (Wildman–Crippen LogP) is 5.52. The van der Waals surface area contributed by atoms with Gasteiger partial charge in [0.25, 0.3) is 0 Å². The Kier molecular flexibility index (Phi) is 5.10. The van der Waals surface area contributed by atoms with E-state index in [-0.39, 0.29) is 29.0 Å². The van der Waals surface area contributed by atoms with Crippen LogP contribution in [0.5, 0.6) is 0 Å². The average Bonchev–Trinajstić information content (AvgIpc) is 3.33. The summed E-state index contributed by atoms with van der Waals surface area (Å²) >= 11 is -6.05. The van der Waals surface area contributed by atoms with Gasteiger partial charge in [-0.25, -0.2) is 0 Å². The molecule has 0 bridgehead atoms. The standard InChI is InChI=1S/C9H7.C5H5.2C4H8O2.2CH3.H2Si.Ti/c1-2-5-9-7-3-6-8(9)4-1;1-2-4-5-3-1;2*1-2-3-4(5)6;;;;/h1-7H;1-3H,4H2;2*2-3H2,1H3,(H,5,6);2*1H3;1H2;/q;;;;;;;+2/p-2. The zero-order valence-corrected chi connectivity index (χ0v) is 21.6. The molecule has 0 aliphatic heterocycles. The van der Waals surface area contributed by atoms with E-state index in [1.807, 2.05) is 54.7 Å². The second-order valence-electron chi connectivity index (χ2n) is 10.7. The van der Waals surface area contributed by atoms with Crippen molar-refractivity contribution in [3.63, 3.8) is 0 Å². The van der Waals surface area contributed by atoms with Gasteiger partial charge in [-0.05, 0) is 0 Å². The molecule has 6 heteroatoms. The summed E-state index contributed by atoms with van der Waals surface area (Å²) in [4.78, 5) is 26.4. The average molecular weight is 462 g/mol. The fourth-order valence-corrected chi connectivity index (χ4v) is 20.5. The minimum atomic E-state index is -6.05. The number of allylic oxidation sites excluding steroid dienone is 5. The Hall–Kier alpha value is -1.69. The van der Waals surface area contributed by atoms with Gasteiger partial charge in [0.05, 0.1) is 0 Å². The first kappa shape index (κ1) is 23.0. The summed E-state index contributed by atoms with van der Waals surface area (Å²) in [6, 6.07) is 8.11. The van der Waals surface area contributed by atoms with Crippen LogP contribution in [0.1, 0.15) is 61.3 Å². The number of carbonyl (C=O) groups is 2. The van der Waals surface area contributed by atoms with Crippen molar-refractivity contribution < 1.29 is 28.5 Å². The molecule has 4 nitrogen and oxygen atoms in total. The third-order valence-corrected chi connectivity index (χ3v) is 24.8. The van der Waals surface area contributed by atoms with Crippen LogP contribution >= 0.6 is 0 Å². The van der Waals surface area contributed by atoms with Crippen LogP contribution in [0.25, 0.3) is 6.08 Å². The van der Waals surface area contributed by atoms with Crippen LogP contribution in [-0.2, 0) is 28.5 Å². The number of rotatable bonds is 8. The van der Waals surface area contributed by atoms with E-state index in [4.69, 9.17) is 6.64 Å². The second kappa shape index (κ2) is 6.65. The van der Waals surface area contributed by atoms with Gasteiger partial charge < -0.3 is 0 Å². The van der Waals surface area contributed by atoms with Crippen molar-refractivity contribution in [1.29, 1.82) is 0 Å². The van der Waals surface area contributed by atoms with Gasteiger partial charge in [0.2, 0.25) is 0 Å². The molecule has 0 saturated heterocycles. The van der Waals surface area contributed by atoms with E-state index in [1.54, 1.807) is 7.63 Å². The molecule has 0 spiro atoms. The molecular weight excluding hydrogens is 428 g/mol. The third-order valence-electron chi connectivity index (χ3n) is 7.13. The molecule has 1 aromatic carbocycles. The van der Waals surface area contributed by atoms with Crippen LogP contribution in [0.2, 0.25) is 10.5 Å². The minimum absolute atomic E-state index is 0.288. The van der Waals surface area contributed by atoms with Gasteiger partial charge in [0, 0.05) is 0 Å². The number of fused-ring (bicyclic) bond motifs is 1. The van der Waals surface area contributed by atoms with E-state index >= 15 is 0 Å². The molecule has 2 aliphatic carbocycles. The Morgan fingerprint density at radius 1 is 1.07 bits per heavy atom. The normalized spacial score (nSPS) is 21.0. The quantitative estimate of drug-likeness (QED) is 0.478. The number of benzene rings is 1. The van der Waals surface area contributed by atoms with E-state index in [0.717, 1.165) is 15.0 Å². The van der Waals surface area contributed by atoms with Crippen LogP contribution in [-0.4, -0.2) is 19.6 Å². The molecule has 1 aromatic rings. The van der Waals surface area contributed by atoms with Crippen LogP contribution in [0.15, 0.2) is 52.4 Å². The van der Waals surface area contributed by atoms with E-state index in [9.17, 15) is 9.59 Å². The summed E-state index contributed by atoms with van der Waals surface area (Å²) in [6.45, 7) is 3.91. The Morgan fingerprint density at radius 3 is 2.20 bits per heavy atom. The maximum atomic E-state index is 13.2. The second-order valence-corrected chi connectivity index (χ2v) is 38.5. The Balaban J connectivity index is 2.40. The van der Waals surface area contributed by atoms with Crippen molar-refractivity contribution in [3.05, 3.63) is 63.6 Å². The summed E-state index contributed by atoms with van der Waals surface area (Å²) in [6.07, 6.45) is 12.7. The molecule has 1 unspecified atom stereocenters. The van der Waals surface area contributed by atoms with E-state index in [2.05, 4.69) is 24.3 Å². The van der Waals surface area contributed by atoms with Gasteiger partial charge in [-0.3, -0.25) is 0 Å². The summed E-state index contributed by atoms with van der Waals surface area (Å²) < 4.78 is 14.1. The molecule has 0 heterocycles. The van der Waals surface area contributed by atoms with Gasteiger partial charge in [-0.15, -0.1) is 0 Å².